The first-order chi connectivity index (χ1) is 7.13. The van der Waals surface area contributed by atoms with Crippen molar-refractivity contribution in [3.05, 3.63) is 46.1 Å². The molecule has 0 bridgehead atoms. The van der Waals surface area contributed by atoms with Crippen molar-refractivity contribution in [2.45, 2.75) is 20.4 Å². The standard InChI is InChI=1S/C12H12FNO/c1-3-14-7-8(2)10-5-4-9(13)6-11(10)12(14)15/h4-7H,3H2,1-2H3. The number of aryl methyl sites for hydroxylation is 2. The number of benzene rings is 1. The molecule has 1 heterocycles. The van der Waals surface area contributed by atoms with Crippen molar-refractivity contribution in [2.75, 3.05) is 0 Å². The molecule has 1 aromatic carbocycles. The molecular formula is C12H12FNO. The summed E-state index contributed by atoms with van der Waals surface area (Å²) in [5.74, 6) is -0.368. The first kappa shape index (κ1) is 9.90. The van der Waals surface area contributed by atoms with E-state index in [1.54, 1.807) is 10.6 Å². The van der Waals surface area contributed by atoms with E-state index in [9.17, 15) is 9.18 Å². The Labute approximate surface area is 87.0 Å². The molecule has 2 aromatic rings. The van der Waals surface area contributed by atoms with E-state index < -0.39 is 0 Å². The van der Waals surface area contributed by atoms with Crippen LogP contribution >= 0.6 is 0 Å². The van der Waals surface area contributed by atoms with Crippen molar-refractivity contribution >= 4 is 10.8 Å². The molecule has 0 unspecified atom stereocenters. The normalized spacial score (nSPS) is 10.9. The number of nitrogens with zero attached hydrogens (tertiary/aromatic N) is 1. The smallest absolute Gasteiger partial charge is 0.258 e. The molecule has 0 aliphatic carbocycles. The zero-order chi connectivity index (χ0) is 11.0. The van der Waals surface area contributed by atoms with E-state index in [1.165, 1.54) is 12.1 Å². The second kappa shape index (κ2) is 3.50. The summed E-state index contributed by atoms with van der Waals surface area (Å²) in [5.41, 5.74) is 0.865. The Morgan fingerprint density at radius 3 is 2.73 bits per heavy atom. The van der Waals surface area contributed by atoms with Gasteiger partial charge in [-0.25, -0.2) is 4.39 Å². The lowest BCUT2D eigenvalue weighted by Gasteiger charge is -2.07. The molecule has 3 heteroatoms. The van der Waals surface area contributed by atoms with E-state index in [0.29, 0.717) is 11.9 Å². The lowest BCUT2D eigenvalue weighted by molar-refractivity contribution is 0.629. The maximum absolute atomic E-state index is 13.0. The van der Waals surface area contributed by atoms with Gasteiger partial charge in [-0.3, -0.25) is 4.79 Å². The number of hydrogen-bond acceptors (Lipinski definition) is 1. The van der Waals surface area contributed by atoms with Crippen LogP contribution in [0, 0.1) is 12.7 Å². The molecule has 0 aliphatic rings. The minimum atomic E-state index is -0.368. The zero-order valence-corrected chi connectivity index (χ0v) is 8.75. The maximum Gasteiger partial charge on any atom is 0.258 e. The molecule has 0 saturated carbocycles. The average Bonchev–Trinajstić information content (AvgIpc) is 2.23. The quantitative estimate of drug-likeness (QED) is 0.701. The Morgan fingerprint density at radius 1 is 1.33 bits per heavy atom. The predicted molar refractivity (Wildman–Crippen MR) is 58.6 cm³/mol. The third-order valence-corrected chi connectivity index (χ3v) is 2.59. The average molecular weight is 205 g/mol. The van der Waals surface area contributed by atoms with E-state index in [2.05, 4.69) is 0 Å². The molecule has 0 saturated heterocycles. The van der Waals surface area contributed by atoms with E-state index in [1.807, 2.05) is 20.0 Å². The number of rotatable bonds is 1. The highest BCUT2D eigenvalue weighted by Crippen LogP contribution is 2.15. The highest BCUT2D eigenvalue weighted by atomic mass is 19.1. The van der Waals surface area contributed by atoms with Gasteiger partial charge < -0.3 is 4.57 Å². The van der Waals surface area contributed by atoms with Crippen LogP contribution in [-0.4, -0.2) is 4.57 Å². The van der Waals surface area contributed by atoms with Crippen LogP contribution in [0.3, 0.4) is 0 Å². The topological polar surface area (TPSA) is 22.0 Å². The van der Waals surface area contributed by atoms with Gasteiger partial charge in [-0.05, 0) is 36.9 Å². The fourth-order valence-corrected chi connectivity index (χ4v) is 1.79. The molecule has 2 rings (SSSR count). The Hall–Kier alpha value is -1.64. The van der Waals surface area contributed by atoms with Gasteiger partial charge in [0.1, 0.15) is 5.82 Å². The summed E-state index contributed by atoms with van der Waals surface area (Å²) in [5, 5.41) is 1.28. The Balaban J connectivity index is 2.95. The highest BCUT2D eigenvalue weighted by Gasteiger charge is 2.05. The predicted octanol–water partition coefficient (Wildman–Crippen LogP) is 2.47. The molecule has 0 radical (unpaired) electrons. The molecule has 0 fully saturated rings. The molecule has 2 nitrogen and oxygen atoms in total. The number of halogens is 1. The zero-order valence-electron chi connectivity index (χ0n) is 8.75. The molecule has 0 N–H and O–H groups in total. The molecular weight excluding hydrogens is 193 g/mol. The summed E-state index contributed by atoms with van der Waals surface area (Å²) >= 11 is 0. The van der Waals surface area contributed by atoms with Crippen molar-refractivity contribution in [1.82, 2.24) is 4.57 Å². The van der Waals surface area contributed by atoms with Gasteiger partial charge in [-0.15, -0.1) is 0 Å². The van der Waals surface area contributed by atoms with Crippen LogP contribution in [0.25, 0.3) is 10.8 Å². The highest BCUT2D eigenvalue weighted by molar-refractivity contribution is 5.84. The van der Waals surface area contributed by atoms with Crippen molar-refractivity contribution in [3.8, 4) is 0 Å². The van der Waals surface area contributed by atoms with Gasteiger partial charge in [0, 0.05) is 12.7 Å². The summed E-state index contributed by atoms with van der Waals surface area (Å²) < 4.78 is 14.6. The van der Waals surface area contributed by atoms with Gasteiger partial charge >= 0.3 is 0 Å². The van der Waals surface area contributed by atoms with Crippen molar-refractivity contribution in [2.24, 2.45) is 0 Å². The Bertz CT molecular complexity index is 572. The van der Waals surface area contributed by atoms with Crippen LogP contribution in [0.15, 0.2) is 29.2 Å². The molecule has 15 heavy (non-hydrogen) atoms. The van der Waals surface area contributed by atoms with Crippen LogP contribution < -0.4 is 5.56 Å². The van der Waals surface area contributed by atoms with E-state index in [-0.39, 0.29) is 11.4 Å². The second-order valence-electron chi connectivity index (χ2n) is 3.59. The summed E-state index contributed by atoms with van der Waals surface area (Å²) in [6.45, 7) is 4.42. The van der Waals surface area contributed by atoms with Gasteiger partial charge in [-0.2, -0.15) is 0 Å². The van der Waals surface area contributed by atoms with Crippen LogP contribution in [-0.2, 0) is 6.54 Å². The van der Waals surface area contributed by atoms with Gasteiger partial charge in [0.25, 0.3) is 5.56 Å². The van der Waals surface area contributed by atoms with Crippen molar-refractivity contribution < 1.29 is 4.39 Å². The maximum atomic E-state index is 13.0. The summed E-state index contributed by atoms with van der Waals surface area (Å²) in [7, 11) is 0. The number of pyridine rings is 1. The monoisotopic (exact) mass is 205 g/mol. The summed E-state index contributed by atoms with van der Waals surface area (Å²) in [4.78, 5) is 11.9. The third-order valence-electron chi connectivity index (χ3n) is 2.59. The van der Waals surface area contributed by atoms with Crippen LogP contribution in [0.4, 0.5) is 4.39 Å². The van der Waals surface area contributed by atoms with Gasteiger partial charge in [0.05, 0.1) is 5.39 Å². The van der Waals surface area contributed by atoms with Crippen LogP contribution in [0.5, 0.6) is 0 Å². The van der Waals surface area contributed by atoms with Gasteiger partial charge in [0.15, 0.2) is 0 Å². The lowest BCUT2D eigenvalue weighted by atomic mass is 10.1. The Kier molecular flexibility index (Phi) is 2.31. The van der Waals surface area contributed by atoms with Crippen LogP contribution in [0.1, 0.15) is 12.5 Å². The van der Waals surface area contributed by atoms with E-state index in [4.69, 9.17) is 0 Å². The second-order valence-corrected chi connectivity index (χ2v) is 3.59. The molecule has 0 atom stereocenters. The molecule has 0 amide bonds. The molecule has 1 aromatic heterocycles. The van der Waals surface area contributed by atoms with E-state index in [0.717, 1.165) is 10.9 Å². The van der Waals surface area contributed by atoms with E-state index >= 15 is 0 Å². The summed E-state index contributed by atoms with van der Waals surface area (Å²) in [6.07, 6.45) is 1.81. The molecule has 0 spiro atoms. The number of fused-ring (bicyclic) bond motifs is 1. The van der Waals surface area contributed by atoms with Crippen LogP contribution in [0.2, 0.25) is 0 Å². The summed E-state index contributed by atoms with van der Waals surface area (Å²) in [6, 6.07) is 4.34. The van der Waals surface area contributed by atoms with Crippen molar-refractivity contribution in [3.63, 3.8) is 0 Å². The van der Waals surface area contributed by atoms with Crippen molar-refractivity contribution in [1.29, 1.82) is 0 Å². The third kappa shape index (κ3) is 1.54. The first-order valence-electron chi connectivity index (χ1n) is 4.92. The van der Waals surface area contributed by atoms with Gasteiger partial charge in [-0.1, -0.05) is 6.07 Å². The lowest BCUT2D eigenvalue weighted by Crippen LogP contribution is -2.19. The molecule has 0 aliphatic heterocycles. The fourth-order valence-electron chi connectivity index (χ4n) is 1.79. The number of aromatic nitrogens is 1. The minimum absolute atomic E-state index is 0.127. The SMILES string of the molecule is CCn1cc(C)c2ccc(F)cc2c1=O. The minimum Gasteiger partial charge on any atom is -0.315 e. The largest absolute Gasteiger partial charge is 0.315 e. The number of hydrogen-bond donors (Lipinski definition) is 0. The Morgan fingerprint density at radius 2 is 2.07 bits per heavy atom. The molecule has 78 valence electrons. The fraction of sp³-hybridized carbons (Fsp3) is 0.250. The first-order valence-corrected chi connectivity index (χ1v) is 4.92. The van der Waals surface area contributed by atoms with Gasteiger partial charge in [0.2, 0.25) is 0 Å².